The molecule has 1 atom stereocenters. The third kappa shape index (κ3) is 3.44. The first-order valence-corrected chi connectivity index (χ1v) is 7.36. The first kappa shape index (κ1) is 15.6. The normalized spacial score (nSPS) is 21.9. The van der Waals surface area contributed by atoms with E-state index in [1.807, 2.05) is 25.1 Å². The van der Waals surface area contributed by atoms with E-state index in [1.54, 1.807) is 0 Å². The number of rotatable bonds is 4. The maximum Gasteiger partial charge on any atom is 0.328 e. The largest absolute Gasteiger partial charge is 0.478 e. The van der Waals surface area contributed by atoms with Crippen LogP contribution in [-0.4, -0.2) is 30.1 Å². The summed E-state index contributed by atoms with van der Waals surface area (Å²) in [6.45, 7) is 3.25. The predicted molar refractivity (Wildman–Crippen MR) is 84.9 cm³/mol. The molecule has 21 heavy (non-hydrogen) atoms. The molecule has 0 saturated carbocycles. The predicted octanol–water partition coefficient (Wildman–Crippen LogP) is 2.25. The summed E-state index contributed by atoms with van der Waals surface area (Å²) in [5, 5.41) is 8.65. The second-order valence-electron chi connectivity index (χ2n) is 5.47. The summed E-state index contributed by atoms with van der Waals surface area (Å²) >= 11 is 3.44. The van der Waals surface area contributed by atoms with Gasteiger partial charge >= 0.3 is 5.97 Å². The number of amides is 1. The number of nitrogens with zero attached hydrogens (tertiary/aromatic N) is 1. The number of carbonyl (C=O) groups excluding carboxylic acids is 1. The van der Waals surface area contributed by atoms with Crippen molar-refractivity contribution in [3.05, 3.63) is 34.3 Å². The van der Waals surface area contributed by atoms with Crippen LogP contribution >= 0.6 is 15.9 Å². The van der Waals surface area contributed by atoms with Gasteiger partial charge in [-0.25, -0.2) is 4.79 Å². The van der Waals surface area contributed by atoms with Gasteiger partial charge in [0.2, 0.25) is 5.91 Å². The minimum Gasteiger partial charge on any atom is -0.478 e. The molecule has 1 aliphatic heterocycles. The molecule has 0 aliphatic carbocycles. The van der Waals surface area contributed by atoms with Crippen LogP contribution in [0.4, 0.5) is 5.69 Å². The molecule has 1 saturated heterocycles. The maximum atomic E-state index is 11.5. The number of carboxylic acids is 1. The van der Waals surface area contributed by atoms with Crippen LogP contribution in [0, 0.1) is 5.41 Å². The van der Waals surface area contributed by atoms with Crippen LogP contribution in [0.5, 0.6) is 0 Å². The third-order valence-corrected chi connectivity index (χ3v) is 4.51. The van der Waals surface area contributed by atoms with E-state index >= 15 is 0 Å². The third-order valence-electron chi connectivity index (χ3n) is 3.82. The molecule has 1 aliphatic rings. The van der Waals surface area contributed by atoms with Gasteiger partial charge in [0, 0.05) is 29.3 Å². The Kier molecular flexibility index (Phi) is 4.37. The van der Waals surface area contributed by atoms with Gasteiger partial charge in [-0.2, -0.15) is 0 Å². The summed E-state index contributed by atoms with van der Waals surface area (Å²) in [5.41, 5.74) is 6.74. The van der Waals surface area contributed by atoms with Crippen molar-refractivity contribution in [3.63, 3.8) is 0 Å². The number of primary amides is 1. The van der Waals surface area contributed by atoms with E-state index in [-0.39, 0.29) is 5.91 Å². The molecule has 112 valence electrons. The number of carboxylic acid groups (broad SMARTS) is 1. The molecule has 0 aromatic heterocycles. The molecule has 1 unspecified atom stereocenters. The van der Waals surface area contributed by atoms with E-state index in [4.69, 9.17) is 10.8 Å². The first-order chi connectivity index (χ1) is 9.82. The van der Waals surface area contributed by atoms with Gasteiger partial charge in [0.25, 0.3) is 0 Å². The van der Waals surface area contributed by atoms with Crippen LogP contribution in [0.1, 0.15) is 18.9 Å². The van der Waals surface area contributed by atoms with Crippen LogP contribution in [0.15, 0.2) is 28.7 Å². The van der Waals surface area contributed by atoms with E-state index in [1.165, 1.54) is 6.08 Å². The van der Waals surface area contributed by atoms with E-state index in [9.17, 15) is 9.59 Å². The Balaban J connectivity index is 2.18. The number of halogens is 1. The number of nitrogens with two attached hydrogens (primary N) is 1. The highest BCUT2D eigenvalue weighted by atomic mass is 79.9. The van der Waals surface area contributed by atoms with Crippen molar-refractivity contribution in [2.24, 2.45) is 11.1 Å². The van der Waals surface area contributed by atoms with Crippen molar-refractivity contribution in [1.82, 2.24) is 0 Å². The summed E-state index contributed by atoms with van der Waals surface area (Å²) in [6, 6.07) is 5.69. The number of benzene rings is 1. The van der Waals surface area contributed by atoms with Crippen LogP contribution in [-0.2, 0) is 9.59 Å². The molecule has 1 aromatic rings. The van der Waals surface area contributed by atoms with Gasteiger partial charge in [-0.15, -0.1) is 0 Å². The lowest BCUT2D eigenvalue weighted by Crippen LogP contribution is -2.37. The lowest BCUT2D eigenvalue weighted by molar-refractivity contribution is -0.131. The van der Waals surface area contributed by atoms with Gasteiger partial charge < -0.3 is 15.7 Å². The number of carbonyl (C=O) groups is 2. The fourth-order valence-electron chi connectivity index (χ4n) is 2.39. The number of hydrogen-bond acceptors (Lipinski definition) is 3. The molecule has 1 aromatic carbocycles. The molecule has 1 amide bonds. The molecule has 1 fully saturated rings. The smallest absolute Gasteiger partial charge is 0.328 e. The van der Waals surface area contributed by atoms with Gasteiger partial charge in [0.1, 0.15) is 0 Å². The zero-order valence-corrected chi connectivity index (χ0v) is 13.3. The lowest BCUT2D eigenvalue weighted by Gasteiger charge is -2.23. The molecule has 5 nitrogen and oxygen atoms in total. The van der Waals surface area contributed by atoms with Gasteiger partial charge in [-0.05, 0) is 37.1 Å². The number of aliphatic carboxylic acids is 1. The molecule has 1 heterocycles. The fraction of sp³-hybridized carbons (Fsp3) is 0.333. The SMILES string of the molecule is CC1(C(N)=O)CCN(c2ccc(/C=C/C(=O)O)c(Br)c2)C1. The van der Waals surface area contributed by atoms with Crippen molar-refractivity contribution < 1.29 is 14.7 Å². The second-order valence-corrected chi connectivity index (χ2v) is 6.33. The van der Waals surface area contributed by atoms with Crippen molar-refractivity contribution in [2.75, 3.05) is 18.0 Å². The molecule has 0 radical (unpaired) electrons. The minimum absolute atomic E-state index is 0.273. The van der Waals surface area contributed by atoms with Crippen LogP contribution in [0.2, 0.25) is 0 Å². The Morgan fingerprint density at radius 3 is 2.71 bits per heavy atom. The topological polar surface area (TPSA) is 83.6 Å². The van der Waals surface area contributed by atoms with Crippen molar-refractivity contribution >= 4 is 39.6 Å². The Morgan fingerprint density at radius 1 is 1.48 bits per heavy atom. The van der Waals surface area contributed by atoms with E-state index in [2.05, 4.69) is 20.8 Å². The minimum atomic E-state index is -0.984. The van der Waals surface area contributed by atoms with E-state index in [0.29, 0.717) is 6.54 Å². The van der Waals surface area contributed by atoms with Crippen molar-refractivity contribution in [1.29, 1.82) is 0 Å². The summed E-state index contributed by atoms with van der Waals surface area (Å²) in [7, 11) is 0. The molecule has 0 spiro atoms. The van der Waals surface area contributed by atoms with Crippen LogP contribution < -0.4 is 10.6 Å². The van der Waals surface area contributed by atoms with Crippen molar-refractivity contribution in [3.8, 4) is 0 Å². The van der Waals surface area contributed by atoms with Crippen molar-refractivity contribution in [2.45, 2.75) is 13.3 Å². The molecular weight excluding hydrogens is 336 g/mol. The zero-order chi connectivity index (χ0) is 15.6. The lowest BCUT2D eigenvalue weighted by atomic mass is 9.89. The van der Waals surface area contributed by atoms with E-state index < -0.39 is 11.4 Å². The summed E-state index contributed by atoms with van der Waals surface area (Å²) < 4.78 is 0.810. The summed E-state index contributed by atoms with van der Waals surface area (Å²) in [4.78, 5) is 24.1. The number of anilines is 1. The molecule has 3 N–H and O–H groups in total. The summed E-state index contributed by atoms with van der Waals surface area (Å²) in [5.74, 6) is -1.26. The zero-order valence-electron chi connectivity index (χ0n) is 11.7. The maximum absolute atomic E-state index is 11.5. The quantitative estimate of drug-likeness (QED) is 0.814. The van der Waals surface area contributed by atoms with E-state index in [0.717, 1.165) is 34.8 Å². The highest BCUT2D eigenvalue weighted by molar-refractivity contribution is 9.10. The van der Waals surface area contributed by atoms with Gasteiger partial charge in [0.15, 0.2) is 0 Å². The first-order valence-electron chi connectivity index (χ1n) is 6.57. The standard InChI is InChI=1S/C15H17BrN2O3/c1-15(14(17)21)6-7-18(9-15)11-4-2-10(12(16)8-11)3-5-13(19)20/h2-5,8H,6-7,9H2,1H3,(H2,17,21)(H,19,20)/b5-3+. The molecule has 0 bridgehead atoms. The van der Waals surface area contributed by atoms with Gasteiger partial charge in [0.05, 0.1) is 5.41 Å². The average molecular weight is 353 g/mol. The highest BCUT2D eigenvalue weighted by Crippen LogP contribution is 2.34. The molecule has 2 rings (SSSR count). The Labute approximate surface area is 131 Å². The molecular formula is C15H17BrN2O3. The van der Waals surface area contributed by atoms with Crippen LogP contribution in [0.3, 0.4) is 0 Å². The Hall–Kier alpha value is -1.82. The average Bonchev–Trinajstić information content (AvgIpc) is 2.81. The number of hydrogen-bond donors (Lipinski definition) is 2. The van der Waals surface area contributed by atoms with Gasteiger partial charge in [-0.3, -0.25) is 4.79 Å². The van der Waals surface area contributed by atoms with Crippen LogP contribution in [0.25, 0.3) is 6.08 Å². The summed E-state index contributed by atoms with van der Waals surface area (Å²) in [6.07, 6.45) is 3.37. The highest BCUT2D eigenvalue weighted by Gasteiger charge is 2.38. The monoisotopic (exact) mass is 352 g/mol. The molecule has 6 heteroatoms. The fourth-order valence-corrected chi connectivity index (χ4v) is 2.89. The Bertz CT molecular complexity index is 615. The second kappa shape index (κ2) is 5.89. The van der Waals surface area contributed by atoms with Gasteiger partial charge in [-0.1, -0.05) is 22.0 Å². The Morgan fingerprint density at radius 2 is 2.19 bits per heavy atom.